The van der Waals surface area contributed by atoms with E-state index in [9.17, 15) is 0 Å². The van der Waals surface area contributed by atoms with E-state index in [1.807, 2.05) is 36.0 Å². The van der Waals surface area contributed by atoms with Crippen LogP contribution in [0.2, 0.25) is 0 Å². The minimum Gasteiger partial charge on any atom is -0.373 e. The van der Waals surface area contributed by atoms with Crippen molar-refractivity contribution in [1.82, 2.24) is 0 Å². The molecule has 0 spiro atoms. The van der Waals surface area contributed by atoms with Crippen molar-refractivity contribution in [1.29, 1.82) is 0 Å². The van der Waals surface area contributed by atoms with E-state index >= 15 is 0 Å². The Morgan fingerprint density at radius 3 is 2.26 bits per heavy atom. The molecule has 0 aromatic heterocycles. The SMILES string of the molecule is C(/COCc1ccccc1)=C1/CSC[C@@H]1OCc1ccccc1. The van der Waals surface area contributed by atoms with Gasteiger partial charge in [0.25, 0.3) is 0 Å². The number of rotatable bonds is 7. The van der Waals surface area contributed by atoms with Gasteiger partial charge in [0, 0.05) is 11.5 Å². The number of hydrogen-bond acceptors (Lipinski definition) is 3. The molecule has 0 saturated carbocycles. The molecule has 23 heavy (non-hydrogen) atoms. The van der Waals surface area contributed by atoms with Crippen LogP contribution in [0.5, 0.6) is 0 Å². The molecule has 1 aliphatic rings. The number of hydrogen-bond donors (Lipinski definition) is 0. The molecule has 0 N–H and O–H groups in total. The molecule has 2 aromatic carbocycles. The normalized spacial score (nSPS) is 19.3. The zero-order valence-corrected chi connectivity index (χ0v) is 14.0. The van der Waals surface area contributed by atoms with Crippen LogP contribution in [0.15, 0.2) is 72.3 Å². The predicted octanol–water partition coefficient (Wildman–Crippen LogP) is 4.46. The average Bonchev–Trinajstić information content (AvgIpc) is 3.06. The maximum Gasteiger partial charge on any atom is 0.0888 e. The lowest BCUT2D eigenvalue weighted by atomic mass is 10.2. The predicted molar refractivity (Wildman–Crippen MR) is 96.5 cm³/mol. The zero-order chi connectivity index (χ0) is 15.7. The molecule has 3 rings (SSSR count). The van der Waals surface area contributed by atoms with Gasteiger partial charge >= 0.3 is 0 Å². The van der Waals surface area contributed by atoms with Gasteiger partial charge in [0.1, 0.15) is 0 Å². The highest BCUT2D eigenvalue weighted by Gasteiger charge is 2.21. The lowest BCUT2D eigenvalue weighted by Crippen LogP contribution is -2.14. The first-order valence-corrected chi connectivity index (χ1v) is 9.11. The summed E-state index contributed by atoms with van der Waals surface area (Å²) >= 11 is 1.93. The van der Waals surface area contributed by atoms with Crippen molar-refractivity contribution in [2.75, 3.05) is 18.1 Å². The Bertz CT molecular complexity index is 610. The molecule has 1 heterocycles. The molecule has 1 saturated heterocycles. The van der Waals surface area contributed by atoms with Crippen molar-refractivity contribution in [3.63, 3.8) is 0 Å². The van der Waals surface area contributed by atoms with Crippen molar-refractivity contribution >= 4 is 11.8 Å². The maximum atomic E-state index is 6.07. The first-order chi connectivity index (χ1) is 11.4. The Hall–Kier alpha value is -1.55. The topological polar surface area (TPSA) is 18.5 Å². The Labute approximate surface area is 142 Å². The minimum atomic E-state index is 0.223. The van der Waals surface area contributed by atoms with Crippen LogP contribution in [0.25, 0.3) is 0 Å². The summed E-state index contributed by atoms with van der Waals surface area (Å²) in [5, 5.41) is 0. The Morgan fingerprint density at radius 2 is 1.57 bits per heavy atom. The van der Waals surface area contributed by atoms with E-state index in [1.165, 1.54) is 16.7 Å². The van der Waals surface area contributed by atoms with Gasteiger partial charge in [0.2, 0.25) is 0 Å². The molecular formula is C20H22O2S. The van der Waals surface area contributed by atoms with Crippen LogP contribution in [0.3, 0.4) is 0 Å². The minimum absolute atomic E-state index is 0.223. The van der Waals surface area contributed by atoms with Crippen LogP contribution >= 0.6 is 11.8 Å². The van der Waals surface area contributed by atoms with E-state index < -0.39 is 0 Å². The molecule has 2 nitrogen and oxygen atoms in total. The second kappa shape index (κ2) is 8.92. The Balaban J connectivity index is 1.44. The summed E-state index contributed by atoms with van der Waals surface area (Å²) in [6.45, 7) is 1.98. The Kier molecular flexibility index (Phi) is 6.33. The van der Waals surface area contributed by atoms with Crippen LogP contribution in [0, 0.1) is 0 Å². The smallest absolute Gasteiger partial charge is 0.0888 e. The van der Waals surface area contributed by atoms with Crippen molar-refractivity contribution < 1.29 is 9.47 Å². The highest BCUT2D eigenvalue weighted by atomic mass is 32.2. The second-order valence-corrected chi connectivity index (χ2v) is 6.61. The molecule has 1 aliphatic heterocycles. The van der Waals surface area contributed by atoms with Crippen molar-refractivity contribution in [3.8, 4) is 0 Å². The summed E-state index contributed by atoms with van der Waals surface area (Å²) in [4.78, 5) is 0. The highest BCUT2D eigenvalue weighted by molar-refractivity contribution is 7.99. The third-order valence-electron chi connectivity index (χ3n) is 3.82. The van der Waals surface area contributed by atoms with Gasteiger partial charge in [-0.3, -0.25) is 0 Å². The van der Waals surface area contributed by atoms with Crippen LogP contribution in [-0.2, 0) is 22.7 Å². The molecule has 0 amide bonds. The van der Waals surface area contributed by atoms with Crippen molar-refractivity contribution in [2.24, 2.45) is 0 Å². The van der Waals surface area contributed by atoms with Gasteiger partial charge in [-0.1, -0.05) is 66.7 Å². The number of ether oxygens (including phenoxy) is 2. The van der Waals surface area contributed by atoms with E-state index in [1.54, 1.807) is 0 Å². The first-order valence-electron chi connectivity index (χ1n) is 7.95. The average molecular weight is 326 g/mol. The van der Waals surface area contributed by atoms with E-state index in [-0.39, 0.29) is 6.10 Å². The van der Waals surface area contributed by atoms with E-state index in [2.05, 4.69) is 42.5 Å². The zero-order valence-electron chi connectivity index (χ0n) is 13.2. The van der Waals surface area contributed by atoms with E-state index in [0.717, 1.165) is 11.5 Å². The fourth-order valence-electron chi connectivity index (χ4n) is 2.52. The number of thioether (sulfide) groups is 1. The Morgan fingerprint density at radius 1 is 0.913 bits per heavy atom. The third kappa shape index (κ3) is 5.24. The van der Waals surface area contributed by atoms with Gasteiger partial charge in [-0.05, 0) is 16.7 Å². The summed E-state index contributed by atoms with van der Waals surface area (Å²) in [6, 6.07) is 20.6. The van der Waals surface area contributed by atoms with Crippen LogP contribution in [0.1, 0.15) is 11.1 Å². The fourth-order valence-corrected chi connectivity index (χ4v) is 3.70. The summed E-state index contributed by atoms with van der Waals surface area (Å²) in [7, 11) is 0. The van der Waals surface area contributed by atoms with Crippen molar-refractivity contribution in [2.45, 2.75) is 19.3 Å². The molecular weight excluding hydrogens is 304 g/mol. The lowest BCUT2D eigenvalue weighted by molar-refractivity contribution is 0.0808. The number of benzene rings is 2. The molecule has 120 valence electrons. The lowest BCUT2D eigenvalue weighted by Gasteiger charge is -2.13. The van der Waals surface area contributed by atoms with E-state index in [0.29, 0.717) is 19.8 Å². The molecule has 2 aromatic rings. The molecule has 3 heteroatoms. The van der Waals surface area contributed by atoms with Crippen molar-refractivity contribution in [3.05, 3.63) is 83.4 Å². The molecule has 0 bridgehead atoms. The van der Waals surface area contributed by atoms with E-state index in [4.69, 9.17) is 9.47 Å². The standard InChI is InChI=1S/C20H22O2S/c1-3-7-17(8-4-1)13-21-12-11-19-15-23-16-20(19)22-14-18-9-5-2-6-10-18/h1-11,20H,12-16H2/b19-11+/t20-/m0/s1. The van der Waals surface area contributed by atoms with Crippen LogP contribution < -0.4 is 0 Å². The summed E-state index contributed by atoms with van der Waals surface area (Å²) < 4.78 is 11.8. The van der Waals surface area contributed by atoms with Gasteiger partial charge in [-0.2, -0.15) is 11.8 Å². The maximum absolute atomic E-state index is 6.07. The molecule has 1 fully saturated rings. The van der Waals surface area contributed by atoms with Gasteiger partial charge in [0.15, 0.2) is 0 Å². The van der Waals surface area contributed by atoms with Gasteiger partial charge in [0.05, 0.1) is 25.9 Å². The molecule has 1 atom stereocenters. The van der Waals surface area contributed by atoms with Crippen LogP contribution in [-0.4, -0.2) is 24.2 Å². The summed E-state index contributed by atoms with van der Waals surface area (Å²) in [6.07, 6.45) is 2.42. The van der Waals surface area contributed by atoms with Gasteiger partial charge in [-0.25, -0.2) is 0 Å². The summed E-state index contributed by atoms with van der Waals surface area (Å²) in [5.74, 6) is 2.09. The third-order valence-corrected chi connectivity index (χ3v) is 4.90. The molecule has 0 aliphatic carbocycles. The first kappa shape index (κ1) is 16.3. The quantitative estimate of drug-likeness (QED) is 0.553. The second-order valence-electron chi connectivity index (χ2n) is 5.58. The molecule has 0 radical (unpaired) electrons. The molecule has 0 unspecified atom stereocenters. The fraction of sp³-hybridized carbons (Fsp3) is 0.300. The van der Waals surface area contributed by atoms with Gasteiger partial charge < -0.3 is 9.47 Å². The highest BCUT2D eigenvalue weighted by Crippen LogP contribution is 2.26. The monoisotopic (exact) mass is 326 g/mol. The largest absolute Gasteiger partial charge is 0.373 e. The van der Waals surface area contributed by atoms with Crippen LogP contribution in [0.4, 0.5) is 0 Å². The van der Waals surface area contributed by atoms with Gasteiger partial charge in [-0.15, -0.1) is 0 Å². The summed E-state index contributed by atoms with van der Waals surface area (Å²) in [5.41, 5.74) is 3.80.